The van der Waals surface area contributed by atoms with E-state index in [1.54, 1.807) is 0 Å². The van der Waals surface area contributed by atoms with E-state index >= 15 is 0 Å². The molecule has 15 heavy (non-hydrogen) atoms. The fourth-order valence-electron chi connectivity index (χ4n) is 1.57. The second kappa shape index (κ2) is 8.28. The molecule has 1 aliphatic carbocycles. The smallest absolute Gasteiger partial charge is 0.0225 e. The fraction of sp³-hybridized carbons (Fsp3) is 0.467. The Labute approximate surface area is 95.0 Å². The summed E-state index contributed by atoms with van der Waals surface area (Å²) in [6, 6.07) is 8.64. The zero-order valence-electron chi connectivity index (χ0n) is 10.8. The Kier molecular flexibility index (Phi) is 7.71. The minimum Gasteiger partial charge on any atom is -0.0724 e. The quantitative estimate of drug-likeness (QED) is 0.552. The average Bonchev–Trinajstić information content (AvgIpc) is 2.34. The third kappa shape index (κ3) is 4.33. The third-order valence-corrected chi connectivity index (χ3v) is 2.25. The maximum absolute atomic E-state index is 2.29. The Balaban J connectivity index is 0.000000442. The van der Waals surface area contributed by atoms with Crippen molar-refractivity contribution in [1.82, 2.24) is 0 Å². The Hall–Kier alpha value is -1.04. The molecule has 0 heteroatoms. The number of hydrogen-bond acceptors (Lipinski definition) is 0. The summed E-state index contributed by atoms with van der Waals surface area (Å²) in [4.78, 5) is 0. The van der Waals surface area contributed by atoms with Gasteiger partial charge in [0.05, 0.1) is 0 Å². The van der Waals surface area contributed by atoms with E-state index in [9.17, 15) is 0 Å². The summed E-state index contributed by atoms with van der Waals surface area (Å²) in [5.41, 5.74) is 4.41. The highest BCUT2D eigenvalue weighted by Gasteiger charge is 2.04. The minimum absolute atomic E-state index is 1.22. The number of allylic oxidation sites excluding steroid dienone is 1. The molecule has 0 aromatic heterocycles. The van der Waals surface area contributed by atoms with Crippen LogP contribution >= 0.6 is 0 Å². The largest absolute Gasteiger partial charge is 0.0724 e. The molecule has 0 atom stereocenters. The molecule has 84 valence electrons. The average molecular weight is 204 g/mol. The van der Waals surface area contributed by atoms with Crippen molar-refractivity contribution in [2.45, 2.75) is 47.5 Å². The van der Waals surface area contributed by atoms with E-state index in [0.29, 0.717) is 0 Å². The number of fused-ring (bicyclic) bond motifs is 1. The van der Waals surface area contributed by atoms with E-state index in [4.69, 9.17) is 0 Å². The Morgan fingerprint density at radius 3 is 2.13 bits per heavy atom. The van der Waals surface area contributed by atoms with Gasteiger partial charge in [0.15, 0.2) is 0 Å². The van der Waals surface area contributed by atoms with Crippen LogP contribution in [-0.2, 0) is 6.42 Å². The van der Waals surface area contributed by atoms with Crippen molar-refractivity contribution >= 4 is 6.08 Å². The minimum atomic E-state index is 1.22. The van der Waals surface area contributed by atoms with Gasteiger partial charge in [0.2, 0.25) is 0 Å². The predicted octanol–water partition coefficient (Wildman–Crippen LogP) is 5.09. The van der Waals surface area contributed by atoms with Gasteiger partial charge >= 0.3 is 0 Å². The molecule has 0 aliphatic heterocycles. The van der Waals surface area contributed by atoms with E-state index in [1.807, 2.05) is 27.7 Å². The Morgan fingerprint density at radius 1 is 0.867 bits per heavy atom. The highest BCUT2D eigenvalue weighted by Crippen LogP contribution is 2.22. The van der Waals surface area contributed by atoms with Gasteiger partial charge < -0.3 is 0 Å². The van der Waals surface area contributed by atoms with Crippen molar-refractivity contribution in [2.24, 2.45) is 0 Å². The SMILES string of the molecule is CC.CC.CC1=Cc2ccccc2CC1. The maximum atomic E-state index is 2.29. The molecule has 0 saturated carbocycles. The first kappa shape index (κ1) is 14.0. The Morgan fingerprint density at radius 2 is 1.47 bits per heavy atom. The van der Waals surface area contributed by atoms with Gasteiger partial charge in [0.1, 0.15) is 0 Å². The van der Waals surface area contributed by atoms with Gasteiger partial charge in [-0.05, 0) is 30.9 Å². The lowest BCUT2D eigenvalue weighted by molar-refractivity contribution is 0.927. The monoisotopic (exact) mass is 204 g/mol. The molecule has 0 spiro atoms. The number of hydrogen-bond donors (Lipinski definition) is 0. The molecule has 0 bridgehead atoms. The van der Waals surface area contributed by atoms with Gasteiger partial charge in [-0.1, -0.05) is 63.6 Å². The van der Waals surface area contributed by atoms with Crippen molar-refractivity contribution in [2.75, 3.05) is 0 Å². The normalized spacial score (nSPS) is 12.2. The van der Waals surface area contributed by atoms with E-state index in [2.05, 4.69) is 37.3 Å². The topological polar surface area (TPSA) is 0 Å². The van der Waals surface area contributed by atoms with Gasteiger partial charge in [0.25, 0.3) is 0 Å². The van der Waals surface area contributed by atoms with E-state index in [0.717, 1.165) is 0 Å². The van der Waals surface area contributed by atoms with Crippen LogP contribution in [0.4, 0.5) is 0 Å². The summed E-state index contributed by atoms with van der Waals surface area (Å²) < 4.78 is 0. The van der Waals surface area contributed by atoms with E-state index < -0.39 is 0 Å². The summed E-state index contributed by atoms with van der Waals surface area (Å²) in [6.07, 6.45) is 4.74. The fourth-order valence-corrected chi connectivity index (χ4v) is 1.57. The molecule has 0 fully saturated rings. The van der Waals surface area contributed by atoms with E-state index in [1.165, 1.54) is 29.5 Å². The lowest BCUT2D eigenvalue weighted by Crippen LogP contribution is -1.95. The molecule has 0 N–H and O–H groups in total. The molecule has 0 amide bonds. The zero-order valence-corrected chi connectivity index (χ0v) is 10.8. The molecule has 0 nitrogen and oxygen atoms in total. The Bertz CT molecular complexity index is 295. The summed E-state index contributed by atoms with van der Waals surface area (Å²) in [5, 5.41) is 0. The van der Waals surface area contributed by atoms with Gasteiger partial charge in [-0.2, -0.15) is 0 Å². The van der Waals surface area contributed by atoms with Crippen molar-refractivity contribution in [3.63, 3.8) is 0 Å². The summed E-state index contributed by atoms with van der Waals surface area (Å²) >= 11 is 0. The van der Waals surface area contributed by atoms with Crippen molar-refractivity contribution in [3.8, 4) is 0 Å². The van der Waals surface area contributed by atoms with Crippen molar-refractivity contribution in [3.05, 3.63) is 41.0 Å². The summed E-state index contributed by atoms with van der Waals surface area (Å²) in [6.45, 7) is 10.2. The van der Waals surface area contributed by atoms with Crippen LogP contribution in [0.25, 0.3) is 6.08 Å². The molecule has 0 heterocycles. The molecule has 0 radical (unpaired) electrons. The number of aryl methyl sites for hydroxylation is 1. The first-order valence-electron chi connectivity index (χ1n) is 6.11. The maximum Gasteiger partial charge on any atom is -0.0225 e. The van der Waals surface area contributed by atoms with Gasteiger partial charge in [0, 0.05) is 0 Å². The predicted molar refractivity (Wildman–Crippen MR) is 71.1 cm³/mol. The second-order valence-electron chi connectivity index (χ2n) is 3.19. The molecule has 1 aliphatic rings. The highest BCUT2D eigenvalue weighted by molar-refractivity contribution is 5.58. The standard InChI is InChI=1S/C11H12.2C2H6/c1-9-6-7-10-4-2-3-5-11(10)8-9;2*1-2/h2-5,8H,6-7H2,1H3;2*1-2H3. The van der Waals surface area contributed by atoms with Crippen LogP contribution in [0.1, 0.15) is 52.2 Å². The summed E-state index contributed by atoms with van der Waals surface area (Å²) in [7, 11) is 0. The number of benzene rings is 1. The van der Waals surface area contributed by atoms with Crippen molar-refractivity contribution < 1.29 is 0 Å². The molecule has 0 unspecified atom stereocenters. The van der Waals surface area contributed by atoms with Crippen LogP contribution in [0.5, 0.6) is 0 Å². The zero-order chi connectivity index (χ0) is 11.7. The molecule has 1 aromatic carbocycles. The van der Waals surface area contributed by atoms with Crippen LogP contribution in [-0.4, -0.2) is 0 Å². The van der Waals surface area contributed by atoms with Crippen LogP contribution in [0.15, 0.2) is 29.8 Å². The van der Waals surface area contributed by atoms with Crippen LogP contribution < -0.4 is 0 Å². The van der Waals surface area contributed by atoms with E-state index in [-0.39, 0.29) is 0 Å². The number of rotatable bonds is 0. The first-order chi connectivity index (χ1) is 7.36. The molecular formula is C15H24. The third-order valence-electron chi connectivity index (χ3n) is 2.25. The molecule has 1 aromatic rings. The van der Waals surface area contributed by atoms with Crippen LogP contribution in [0.2, 0.25) is 0 Å². The first-order valence-corrected chi connectivity index (χ1v) is 6.11. The lowest BCUT2D eigenvalue weighted by atomic mass is 9.93. The van der Waals surface area contributed by atoms with Gasteiger partial charge in [-0.25, -0.2) is 0 Å². The van der Waals surface area contributed by atoms with Crippen LogP contribution in [0, 0.1) is 0 Å². The molecule has 0 saturated heterocycles. The van der Waals surface area contributed by atoms with Crippen molar-refractivity contribution in [1.29, 1.82) is 0 Å². The second-order valence-corrected chi connectivity index (χ2v) is 3.19. The highest BCUT2D eigenvalue weighted by atomic mass is 14.1. The summed E-state index contributed by atoms with van der Waals surface area (Å²) in [5.74, 6) is 0. The van der Waals surface area contributed by atoms with Gasteiger partial charge in [-0.15, -0.1) is 0 Å². The molecule has 2 rings (SSSR count). The van der Waals surface area contributed by atoms with Crippen LogP contribution in [0.3, 0.4) is 0 Å². The van der Waals surface area contributed by atoms with Gasteiger partial charge in [-0.3, -0.25) is 0 Å². The lowest BCUT2D eigenvalue weighted by Gasteiger charge is -2.12. The molecular weight excluding hydrogens is 180 g/mol.